The van der Waals surface area contributed by atoms with Gasteiger partial charge in [0, 0.05) is 17.2 Å². The maximum absolute atomic E-state index is 3.71. The molecule has 0 saturated heterocycles. The molecule has 1 heterocycles. The van der Waals surface area contributed by atoms with Gasteiger partial charge in [-0.3, -0.25) is 0 Å². The van der Waals surface area contributed by atoms with Gasteiger partial charge in [-0.25, -0.2) is 0 Å². The molecule has 1 aliphatic heterocycles. The molecule has 3 aliphatic carbocycles. The Kier molecular flexibility index (Phi) is 2.22. The van der Waals surface area contributed by atoms with Crippen LogP contribution >= 0.6 is 0 Å². The molecule has 0 bridgehead atoms. The molecule has 1 heteroatoms. The van der Waals surface area contributed by atoms with E-state index in [-0.39, 0.29) is 0 Å². The second kappa shape index (κ2) is 4.00. The van der Waals surface area contributed by atoms with Crippen LogP contribution in [-0.4, -0.2) is 6.04 Å². The first kappa shape index (κ1) is 11.6. The van der Waals surface area contributed by atoms with Crippen LogP contribution in [0.5, 0.6) is 0 Å². The molecule has 0 saturated carbocycles. The fourth-order valence-corrected chi connectivity index (χ4v) is 4.53. The summed E-state index contributed by atoms with van der Waals surface area (Å²) in [6.07, 6.45) is 17.0. The van der Waals surface area contributed by atoms with E-state index < -0.39 is 0 Å². The van der Waals surface area contributed by atoms with Gasteiger partial charge in [0.1, 0.15) is 0 Å². The Labute approximate surface area is 125 Å². The van der Waals surface area contributed by atoms with Crippen LogP contribution in [0.4, 0.5) is 5.69 Å². The number of anilines is 1. The summed E-state index contributed by atoms with van der Waals surface area (Å²) >= 11 is 0. The molecule has 21 heavy (non-hydrogen) atoms. The quantitative estimate of drug-likeness (QED) is 0.718. The lowest BCUT2D eigenvalue weighted by molar-refractivity contribution is 0.543. The van der Waals surface area contributed by atoms with Crippen LogP contribution in [0.25, 0.3) is 5.57 Å². The molecule has 0 radical (unpaired) electrons. The second-order valence-electron chi connectivity index (χ2n) is 6.67. The average Bonchev–Trinajstić information content (AvgIpc) is 3.02. The highest BCUT2D eigenvalue weighted by molar-refractivity contribution is 5.89. The molecule has 4 atom stereocenters. The van der Waals surface area contributed by atoms with Gasteiger partial charge in [-0.1, -0.05) is 49.5 Å². The van der Waals surface area contributed by atoms with Gasteiger partial charge >= 0.3 is 0 Å². The molecule has 104 valence electrons. The van der Waals surface area contributed by atoms with Crippen molar-refractivity contribution in [2.75, 3.05) is 5.32 Å². The maximum atomic E-state index is 3.71. The third-order valence-electron chi connectivity index (χ3n) is 5.63. The lowest BCUT2D eigenvalue weighted by atomic mass is 9.85. The summed E-state index contributed by atoms with van der Waals surface area (Å²) in [5.41, 5.74) is 7.33. The van der Waals surface area contributed by atoms with E-state index in [2.05, 4.69) is 66.9 Å². The predicted molar refractivity (Wildman–Crippen MR) is 88.5 cm³/mol. The van der Waals surface area contributed by atoms with E-state index in [4.69, 9.17) is 0 Å². The number of nitrogens with one attached hydrogen (secondary N) is 1. The molecule has 5 rings (SSSR count). The Balaban J connectivity index is 1.69. The Morgan fingerprint density at radius 1 is 1.05 bits per heavy atom. The monoisotopic (exact) mass is 273 g/mol. The van der Waals surface area contributed by atoms with E-state index in [9.17, 15) is 0 Å². The largest absolute Gasteiger partial charge is 0.377 e. The first-order valence-corrected chi connectivity index (χ1v) is 7.99. The highest BCUT2D eigenvalue weighted by Crippen LogP contribution is 2.52. The van der Waals surface area contributed by atoms with Crippen molar-refractivity contribution in [3.63, 3.8) is 0 Å². The van der Waals surface area contributed by atoms with Crippen LogP contribution in [-0.2, 0) is 0 Å². The number of fused-ring (bicyclic) bond motifs is 6. The summed E-state index contributed by atoms with van der Waals surface area (Å²) in [7, 11) is 0. The van der Waals surface area contributed by atoms with E-state index in [0.717, 1.165) is 6.42 Å². The van der Waals surface area contributed by atoms with E-state index in [0.29, 0.717) is 23.8 Å². The minimum atomic E-state index is 0.487. The lowest BCUT2D eigenvalue weighted by Gasteiger charge is -2.19. The summed E-state index contributed by atoms with van der Waals surface area (Å²) in [6.45, 7) is 2.38. The summed E-state index contributed by atoms with van der Waals surface area (Å²) in [4.78, 5) is 0. The van der Waals surface area contributed by atoms with Crippen molar-refractivity contribution < 1.29 is 0 Å². The third-order valence-corrected chi connectivity index (χ3v) is 5.63. The minimum absolute atomic E-state index is 0.487. The van der Waals surface area contributed by atoms with Gasteiger partial charge in [-0.15, -0.1) is 0 Å². The Hall–Kier alpha value is -2.02. The van der Waals surface area contributed by atoms with E-state index in [1.807, 2.05) is 0 Å². The van der Waals surface area contributed by atoms with Gasteiger partial charge in [-0.2, -0.15) is 0 Å². The summed E-state index contributed by atoms with van der Waals surface area (Å²) in [6, 6.07) is 5.38. The molecule has 1 aromatic rings. The number of hydrogen-bond acceptors (Lipinski definition) is 1. The minimum Gasteiger partial charge on any atom is -0.377 e. The zero-order valence-corrected chi connectivity index (χ0v) is 12.2. The topological polar surface area (TPSA) is 12.0 Å². The Morgan fingerprint density at radius 2 is 1.95 bits per heavy atom. The van der Waals surface area contributed by atoms with Gasteiger partial charge < -0.3 is 5.32 Å². The lowest BCUT2D eigenvalue weighted by Crippen LogP contribution is -2.14. The molecule has 4 aliphatic rings. The molecule has 1 nitrogen and oxygen atoms in total. The summed E-state index contributed by atoms with van der Waals surface area (Å²) in [5.74, 6) is 1.83. The molecule has 0 spiro atoms. The van der Waals surface area contributed by atoms with Gasteiger partial charge in [-0.05, 0) is 47.1 Å². The third kappa shape index (κ3) is 1.47. The fraction of sp³-hybridized carbons (Fsp3) is 0.300. The summed E-state index contributed by atoms with van der Waals surface area (Å²) in [5, 5.41) is 3.71. The predicted octanol–water partition coefficient (Wildman–Crippen LogP) is 4.77. The van der Waals surface area contributed by atoms with Crippen molar-refractivity contribution in [1.82, 2.24) is 0 Å². The van der Waals surface area contributed by atoms with Gasteiger partial charge in [0.15, 0.2) is 0 Å². The van der Waals surface area contributed by atoms with Crippen molar-refractivity contribution in [1.29, 1.82) is 0 Å². The zero-order chi connectivity index (χ0) is 14.0. The maximum Gasteiger partial charge on any atom is 0.0555 e. The van der Waals surface area contributed by atoms with Gasteiger partial charge in [0.05, 0.1) is 6.04 Å². The number of hydrogen-bond donors (Lipinski definition) is 1. The van der Waals surface area contributed by atoms with Crippen molar-refractivity contribution in [3.05, 3.63) is 71.4 Å². The van der Waals surface area contributed by atoms with Crippen LogP contribution in [0.3, 0.4) is 0 Å². The smallest absolute Gasteiger partial charge is 0.0555 e. The number of rotatable bonds is 0. The van der Waals surface area contributed by atoms with E-state index in [1.54, 1.807) is 11.1 Å². The standard InChI is InChI=1S/C20H19N/c1-12-13-6-2-3-7-14(13)17-10-18-15-8-4-5-9-19(15)21-20(18)11-16(12)17/h2-8,10-14,19,21H,9H2,1H3. The van der Waals surface area contributed by atoms with Crippen molar-refractivity contribution >= 4 is 11.3 Å². The van der Waals surface area contributed by atoms with E-state index in [1.165, 1.54) is 16.8 Å². The average molecular weight is 273 g/mol. The van der Waals surface area contributed by atoms with Crippen LogP contribution in [0.1, 0.15) is 41.9 Å². The molecule has 0 fully saturated rings. The molecule has 0 amide bonds. The fourth-order valence-electron chi connectivity index (χ4n) is 4.53. The van der Waals surface area contributed by atoms with Crippen LogP contribution in [0, 0.1) is 5.92 Å². The van der Waals surface area contributed by atoms with Gasteiger partial charge in [0.25, 0.3) is 0 Å². The molecular formula is C20H19N. The normalized spacial score (nSPS) is 33.9. The van der Waals surface area contributed by atoms with Crippen LogP contribution in [0.15, 0.2) is 54.7 Å². The molecule has 4 unspecified atom stereocenters. The van der Waals surface area contributed by atoms with Crippen LogP contribution < -0.4 is 5.32 Å². The highest BCUT2D eigenvalue weighted by Gasteiger charge is 2.38. The number of allylic oxidation sites excluding steroid dienone is 6. The highest BCUT2D eigenvalue weighted by atomic mass is 15.0. The number of benzene rings is 1. The van der Waals surface area contributed by atoms with E-state index >= 15 is 0 Å². The summed E-state index contributed by atoms with van der Waals surface area (Å²) < 4.78 is 0. The van der Waals surface area contributed by atoms with Crippen LogP contribution in [0.2, 0.25) is 0 Å². The SMILES string of the molecule is CC1c2cc3c(cc2C2C=CC=CC12)C1=CC=CCC1N3. The molecule has 1 N–H and O–H groups in total. The van der Waals surface area contributed by atoms with Crippen molar-refractivity contribution in [2.45, 2.75) is 31.2 Å². The second-order valence-corrected chi connectivity index (χ2v) is 6.67. The first-order valence-electron chi connectivity index (χ1n) is 7.99. The zero-order valence-electron chi connectivity index (χ0n) is 12.2. The Morgan fingerprint density at radius 3 is 2.90 bits per heavy atom. The van der Waals surface area contributed by atoms with Crippen molar-refractivity contribution in [3.8, 4) is 0 Å². The molecular weight excluding hydrogens is 254 g/mol. The first-order chi connectivity index (χ1) is 10.3. The van der Waals surface area contributed by atoms with Crippen molar-refractivity contribution in [2.24, 2.45) is 5.92 Å². The molecule has 0 aromatic heterocycles. The Bertz CT molecular complexity index is 747. The molecule has 1 aromatic carbocycles. The van der Waals surface area contributed by atoms with Gasteiger partial charge in [0.2, 0.25) is 0 Å².